The molecule has 0 aromatic heterocycles. The van der Waals surface area contributed by atoms with Crippen LogP contribution in [0, 0.1) is 0 Å². The van der Waals surface area contributed by atoms with Crippen LogP contribution in [-0.2, 0) is 0 Å². The molecule has 1 atom stereocenters. The minimum absolute atomic E-state index is 0.0912. The van der Waals surface area contributed by atoms with Crippen LogP contribution >= 0.6 is 23.4 Å². The minimum atomic E-state index is -0.0912. The van der Waals surface area contributed by atoms with Crippen LogP contribution in [0.5, 0.6) is 0 Å². The summed E-state index contributed by atoms with van der Waals surface area (Å²) >= 11 is 7.74. The summed E-state index contributed by atoms with van der Waals surface area (Å²) in [6, 6.07) is 8.66. The lowest BCUT2D eigenvalue weighted by atomic mass is 9.96. The van der Waals surface area contributed by atoms with Crippen molar-refractivity contribution < 1.29 is 5.11 Å². The van der Waals surface area contributed by atoms with Crippen LogP contribution in [0.25, 0.3) is 0 Å². The molecule has 0 aliphatic heterocycles. The first-order chi connectivity index (χ1) is 9.61. The van der Waals surface area contributed by atoms with Gasteiger partial charge in [0.15, 0.2) is 0 Å². The van der Waals surface area contributed by atoms with E-state index >= 15 is 0 Å². The molecule has 0 amide bonds. The molecule has 1 unspecified atom stereocenters. The third kappa shape index (κ3) is 5.65. The van der Waals surface area contributed by atoms with Gasteiger partial charge in [0.1, 0.15) is 0 Å². The van der Waals surface area contributed by atoms with Gasteiger partial charge in [0.25, 0.3) is 0 Å². The molecule has 2 nitrogen and oxygen atoms in total. The topological polar surface area (TPSA) is 32.3 Å². The van der Waals surface area contributed by atoms with E-state index in [-0.39, 0.29) is 12.1 Å². The van der Waals surface area contributed by atoms with E-state index in [1.165, 1.54) is 24.2 Å². The van der Waals surface area contributed by atoms with Crippen LogP contribution in [0.1, 0.15) is 39.0 Å². The Morgan fingerprint density at radius 3 is 2.60 bits per heavy atom. The largest absolute Gasteiger partial charge is 0.394 e. The zero-order chi connectivity index (χ0) is 14.4. The molecule has 2 N–H and O–H groups in total. The molecular weight excluding hydrogens is 290 g/mol. The predicted octanol–water partition coefficient (Wildman–Crippen LogP) is 4.11. The van der Waals surface area contributed by atoms with Gasteiger partial charge in [-0.2, -0.15) is 0 Å². The quantitative estimate of drug-likeness (QED) is 0.531. The summed E-state index contributed by atoms with van der Waals surface area (Å²) in [6.07, 6.45) is 5.90. The van der Waals surface area contributed by atoms with Gasteiger partial charge in [-0.05, 0) is 62.6 Å². The van der Waals surface area contributed by atoms with Gasteiger partial charge in [-0.1, -0.05) is 18.0 Å². The second kappa shape index (κ2) is 7.69. The molecule has 1 aromatic rings. The molecular formula is C16H24ClNOS. The van der Waals surface area contributed by atoms with E-state index in [4.69, 9.17) is 11.6 Å². The smallest absolute Gasteiger partial charge is 0.0610 e. The number of hydrogen-bond donors (Lipinski definition) is 2. The van der Waals surface area contributed by atoms with Crippen molar-refractivity contribution >= 4 is 23.4 Å². The van der Waals surface area contributed by atoms with Gasteiger partial charge in [0.05, 0.1) is 6.61 Å². The number of hydrogen-bond acceptors (Lipinski definition) is 3. The van der Waals surface area contributed by atoms with Crippen LogP contribution < -0.4 is 5.32 Å². The van der Waals surface area contributed by atoms with E-state index in [1.807, 2.05) is 23.9 Å². The molecule has 1 saturated carbocycles. The second-order valence-electron chi connectivity index (χ2n) is 5.90. The number of aliphatic hydroxyl groups excluding tert-OH is 1. The molecule has 1 fully saturated rings. The van der Waals surface area contributed by atoms with Crippen LogP contribution in [-0.4, -0.2) is 29.0 Å². The van der Waals surface area contributed by atoms with E-state index in [0.29, 0.717) is 6.04 Å². The molecule has 0 heterocycles. The highest BCUT2D eigenvalue weighted by molar-refractivity contribution is 7.99. The SMILES string of the molecule is CC(CO)(CCCCSc1ccc(Cl)cc1)NC1CC1. The summed E-state index contributed by atoms with van der Waals surface area (Å²) in [5.74, 6) is 1.12. The van der Waals surface area contributed by atoms with Crippen LogP contribution in [0.4, 0.5) is 0 Å². The fourth-order valence-electron chi connectivity index (χ4n) is 2.26. The first kappa shape index (κ1) is 16.2. The summed E-state index contributed by atoms with van der Waals surface area (Å²) in [4.78, 5) is 1.27. The standard InChI is InChI=1S/C16H24ClNOS/c1-16(12-19,18-14-6-7-14)10-2-3-11-20-15-8-4-13(17)5-9-15/h4-5,8-9,14,18-19H,2-3,6-7,10-12H2,1H3. The monoisotopic (exact) mass is 313 g/mol. The highest BCUT2D eigenvalue weighted by Gasteiger charge is 2.31. The first-order valence-corrected chi connectivity index (χ1v) is 8.75. The normalized spacial score (nSPS) is 17.9. The average molecular weight is 314 g/mol. The highest BCUT2D eigenvalue weighted by atomic mass is 35.5. The van der Waals surface area contributed by atoms with Crippen molar-refractivity contribution in [2.24, 2.45) is 0 Å². The summed E-state index contributed by atoms with van der Waals surface area (Å²) in [5, 5.41) is 13.9. The van der Waals surface area contributed by atoms with E-state index in [0.717, 1.165) is 23.6 Å². The molecule has 2 rings (SSSR count). The summed E-state index contributed by atoms with van der Waals surface area (Å²) in [5.41, 5.74) is -0.0912. The van der Waals surface area contributed by atoms with E-state index < -0.39 is 0 Å². The highest BCUT2D eigenvalue weighted by Crippen LogP contribution is 2.26. The Kier molecular flexibility index (Phi) is 6.21. The lowest BCUT2D eigenvalue weighted by Gasteiger charge is -2.29. The van der Waals surface area contributed by atoms with E-state index in [2.05, 4.69) is 24.4 Å². The van der Waals surface area contributed by atoms with Gasteiger partial charge in [0, 0.05) is 21.5 Å². The van der Waals surface area contributed by atoms with Gasteiger partial charge in [-0.15, -0.1) is 11.8 Å². The maximum atomic E-state index is 9.54. The molecule has 0 spiro atoms. The Morgan fingerprint density at radius 2 is 2.00 bits per heavy atom. The molecule has 1 aliphatic carbocycles. The fourth-order valence-corrected chi connectivity index (χ4v) is 3.29. The predicted molar refractivity (Wildman–Crippen MR) is 87.7 cm³/mol. The van der Waals surface area contributed by atoms with Gasteiger partial charge in [0.2, 0.25) is 0 Å². The second-order valence-corrected chi connectivity index (χ2v) is 7.50. The Hall–Kier alpha value is -0.220. The molecule has 1 aliphatic rings. The van der Waals surface area contributed by atoms with Crippen molar-refractivity contribution in [2.75, 3.05) is 12.4 Å². The van der Waals surface area contributed by atoms with Crippen LogP contribution in [0.2, 0.25) is 5.02 Å². The van der Waals surface area contributed by atoms with E-state index in [1.54, 1.807) is 0 Å². The van der Waals surface area contributed by atoms with Crippen molar-refractivity contribution in [3.8, 4) is 0 Å². The molecule has 0 saturated heterocycles. The number of aliphatic hydroxyl groups is 1. The lowest BCUT2D eigenvalue weighted by molar-refractivity contribution is 0.161. The number of rotatable bonds is 9. The molecule has 112 valence electrons. The van der Waals surface area contributed by atoms with Gasteiger partial charge >= 0.3 is 0 Å². The van der Waals surface area contributed by atoms with Crippen LogP contribution in [0.15, 0.2) is 29.2 Å². The summed E-state index contributed by atoms with van der Waals surface area (Å²) in [6.45, 7) is 2.37. The fraction of sp³-hybridized carbons (Fsp3) is 0.625. The molecule has 20 heavy (non-hydrogen) atoms. The number of halogens is 1. The molecule has 0 radical (unpaired) electrons. The number of unbranched alkanes of at least 4 members (excludes halogenated alkanes) is 1. The van der Waals surface area contributed by atoms with Crippen molar-refractivity contribution in [1.82, 2.24) is 5.32 Å². The zero-order valence-corrected chi connectivity index (χ0v) is 13.6. The van der Waals surface area contributed by atoms with Gasteiger partial charge < -0.3 is 10.4 Å². The summed E-state index contributed by atoms with van der Waals surface area (Å²) in [7, 11) is 0. The zero-order valence-electron chi connectivity index (χ0n) is 12.1. The Morgan fingerprint density at radius 1 is 1.30 bits per heavy atom. The molecule has 4 heteroatoms. The number of benzene rings is 1. The van der Waals surface area contributed by atoms with Crippen LogP contribution in [0.3, 0.4) is 0 Å². The lowest BCUT2D eigenvalue weighted by Crippen LogP contribution is -2.46. The Bertz CT molecular complexity index is 407. The van der Waals surface area contributed by atoms with Crippen molar-refractivity contribution in [2.45, 2.75) is 55.5 Å². The third-order valence-electron chi connectivity index (χ3n) is 3.68. The minimum Gasteiger partial charge on any atom is -0.394 e. The number of nitrogens with one attached hydrogen (secondary N) is 1. The maximum Gasteiger partial charge on any atom is 0.0610 e. The van der Waals surface area contributed by atoms with Gasteiger partial charge in [-0.25, -0.2) is 0 Å². The average Bonchev–Trinajstić information content (AvgIpc) is 3.24. The Balaban J connectivity index is 1.61. The summed E-state index contributed by atoms with van der Waals surface area (Å²) < 4.78 is 0. The maximum absolute atomic E-state index is 9.54. The molecule has 1 aromatic carbocycles. The van der Waals surface area contributed by atoms with E-state index in [9.17, 15) is 5.11 Å². The van der Waals surface area contributed by atoms with Crippen molar-refractivity contribution in [3.63, 3.8) is 0 Å². The third-order valence-corrected chi connectivity index (χ3v) is 5.03. The molecule has 0 bridgehead atoms. The first-order valence-electron chi connectivity index (χ1n) is 7.38. The van der Waals surface area contributed by atoms with Crippen molar-refractivity contribution in [1.29, 1.82) is 0 Å². The Labute approximate surface area is 131 Å². The number of thioether (sulfide) groups is 1. The van der Waals surface area contributed by atoms with Crippen molar-refractivity contribution in [3.05, 3.63) is 29.3 Å². The van der Waals surface area contributed by atoms with Gasteiger partial charge in [-0.3, -0.25) is 0 Å².